The molecule has 0 aromatic carbocycles. The highest BCUT2D eigenvalue weighted by Gasteiger charge is 2.28. The van der Waals surface area contributed by atoms with Gasteiger partial charge in [-0.05, 0) is 38.5 Å². The number of hydrogen-bond donors (Lipinski definition) is 1. The first-order valence-electron chi connectivity index (χ1n) is 7.42. The summed E-state index contributed by atoms with van der Waals surface area (Å²) in [5.74, 6) is 2.04. The van der Waals surface area contributed by atoms with Crippen LogP contribution >= 0.6 is 11.3 Å². The van der Waals surface area contributed by atoms with Gasteiger partial charge in [0.15, 0.2) is 11.0 Å². The molecule has 1 N–H and O–H groups in total. The van der Waals surface area contributed by atoms with Crippen LogP contribution in [0.25, 0.3) is 0 Å². The Morgan fingerprint density at radius 3 is 2.90 bits per heavy atom. The molecule has 2 heterocycles. The van der Waals surface area contributed by atoms with Crippen LogP contribution in [0.15, 0.2) is 9.80 Å². The first kappa shape index (κ1) is 13.0. The van der Waals surface area contributed by atoms with Gasteiger partial charge in [-0.25, -0.2) is 9.97 Å². The molecular weight excluding hydrogens is 286 g/mol. The van der Waals surface area contributed by atoms with Gasteiger partial charge in [-0.2, -0.15) is 0 Å². The second kappa shape index (κ2) is 4.94. The molecule has 2 aliphatic carbocycles. The summed E-state index contributed by atoms with van der Waals surface area (Å²) in [5.41, 5.74) is 1.75. The minimum atomic E-state index is -0.251. The molecule has 0 atom stereocenters. The van der Waals surface area contributed by atoms with E-state index in [0.717, 1.165) is 12.1 Å². The predicted molar refractivity (Wildman–Crippen MR) is 79.7 cm³/mol. The first-order chi connectivity index (χ1) is 10.2. The molecule has 4 rings (SSSR count). The molecule has 2 fully saturated rings. The molecule has 2 aliphatic rings. The lowest BCUT2D eigenvalue weighted by molar-refractivity contribution is 0.0994. The largest absolute Gasteiger partial charge is 0.435 e. The second-order valence-electron chi connectivity index (χ2n) is 5.98. The van der Waals surface area contributed by atoms with E-state index in [1.807, 2.05) is 12.3 Å². The van der Waals surface area contributed by atoms with Crippen molar-refractivity contribution in [2.24, 2.45) is 5.92 Å². The third-order valence-electron chi connectivity index (χ3n) is 3.95. The van der Waals surface area contributed by atoms with Crippen molar-refractivity contribution in [3.05, 3.63) is 28.4 Å². The number of carbonyl (C=O) groups is 1. The maximum atomic E-state index is 12.3. The average molecular weight is 303 g/mol. The predicted octanol–water partition coefficient (Wildman–Crippen LogP) is 3.52. The lowest BCUT2D eigenvalue weighted by Crippen LogP contribution is -2.12. The van der Waals surface area contributed by atoms with Crippen molar-refractivity contribution in [1.29, 1.82) is 0 Å². The summed E-state index contributed by atoms with van der Waals surface area (Å²) in [6.45, 7) is 1.81. The summed E-state index contributed by atoms with van der Waals surface area (Å²) < 4.78 is 5.62. The summed E-state index contributed by atoms with van der Waals surface area (Å²) in [6, 6.07) is 0. The summed E-state index contributed by atoms with van der Waals surface area (Å²) >= 11 is 1.47. The zero-order chi connectivity index (χ0) is 14.4. The van der Waals surface area contributed by atoms with Gasteiger partial charge in [-0.15, -0.1) is 11.3 Å². The molecule has 0 saturated heterocycles. The van der Waals surface area contributed by atoms with Crippen LogP contribution in [0, 0.1) is 12.8 Å². The first-order valence-corrected chi connectivity index (χ1v) is 8.30. The van der Waals surface area contributed by atoms with E-state index in [1.54, 1.807) is 0 Å². The van der Waals surface area contributed by atoms with Crippen molar-refractivity contribution >= 4 is 22.4 Å². The number of carbonyl (C=O) groups excluding carboxylic acids is 1. The van der Waals surface area contributed by atoms with Crippen molar-refractivity contribution in [2.75, 3.05) is 5.32 Å². The van der Waals surface area contributed by atoms with E-state index in [2.05, 4.69) is 15.3 Å². The summed E-state index contributed by atoms with van der Waals surface area (Å²) in [6.07, 6.45) is 5.75. The Morgan fingerprint density at radius 2 is 2.19 bits per heavy atom. The fourth-order valence-electron chi connectivity index (χ4n) is 2.38. The number of rotatable bonds is 5. The van der Waals surface area contributed by atoms with E-state index < -0.39 is 0 Å². The van der Waals surface area contributed by atoms with Gasteiger partial charge in [0, 0.05) is 17.7 Å². The molecule has 21 heavy (non-hydrogen) atoms. The van der Waals surface area contributed by atoms with Crippen LogP contribution < -0.4 is 5.32 Å². The fourth-order valence-corrected chi connectivity index (χ4v) is 3.17. The zero-order valence-electron chi connectivity index (χ0n) is 11.9. The Labute approximate surface area is 126 Å². The highest BCUT2D eigenvalue weighted by molar-refractivity contribution is 7.14. The Hall–Kier alpha value is -1.69. The van der Waals surface area contributed by atoms with E-state index in [0.29, 0.717) is 34.3 Å². The average Bonchev–Trinajstić information content (AvgIpc) is 3.36. The molecule has 0 radical (unpaired) electrons. The third-order valence-corrected chi connectivity index (χ3v) is 4.72. The second-order valence-corrected chi connectivity index (χ2v) is 6.83. The van der Waals surface area contributed by atoms with E-state index in [4.69, 9.17) is 4.42 Å². The van der Waals surface area contributed by atoms with Crippen molar-refractivity contribution in [3.8, 4) is 0 Å². The molecule has 0 spiro atoms. The summed E-state index contributed by atoms with van der Waals surface area (Å²) in [5, 5.41) is 5.49. The summed E-state index contributed by atoms with van der Waals surface area (Å²) in [7, 11) is 0. The van der Waals surface area contributed by atoms with E-state index in [1.165, 1.54) is 37.0 Å². The van der Waals surface area contributed by atoms with Crippen LogP contribution in [0.4, 0.5) is 5.13 Å². The number of aryl methyl sites for hydroxylation is 1. The standard InChI is InChI=1S/C15H17N3O2S/c1-8-13(20-12(16-8)6-9-2-3-9)14(19)18-15-17-11(7-21-15)10-4-5-10/h7,9-10H,2-6H2,1H3,(H,17,18,19). The lowest BCUT2D eigenvalue weighted by atomic mass is 10.3. The number of nitrogens with one attached hydrogen (secondary N) is 1. The number of anilines is 1. The zero-order valence-corrected chi connectivity index (χ0v) is 12.7. The molecule has 5 nitrogen and oxygen atoms in total. The number of thiazole rings is 1. The van der Waals surface area contributed by atoms with Gasteiger partial charge >= 0.3 is 0 Å². The lowest BCUT2D eigenvalue weighted by Gasteiger charge is -1.98. The van der Waals surface area contributed by atoms with E-state index in [-0.39, 0.29) is 5.91 Å². The van der Waals surface area contributed by atoms with E-state index in [9.17, 15) is 4.79 Å². The Balaban J connectivity index is 1.46. The molecule has 2 saturated carbocycles. The molecule has 0 aliphatic heterocycles. The van der Waals surface area contributed by atoms with Crippen LogP contribution in [-0.4, -0.2) is 15.9 Å². The molecule has 1 amide bonds. The van der Waals surface area contributed by atoms with Crippen LogP contribution in [0.5, 0.6) is 0 Å². The summed E-state index contributed by atoms with van der Waals surface area (Å²) in [4.78, 5) is 21.1. The number of nitrogens with zero attached hydrogens (tertiary/aromatic N) is 2. The van der Waals surface area contributed by atoms with Crippen LogP contribution in [0.3, 0.4) is 0 Å². The molecule has 0 bridgehead atoms. The minimum Gasteiger partial charge on any atom is -0.435 e. The molecular formula is C15H17N3O2S. The van der Waals surface area contributed by atoms with Crippen LogP contribution in [0.2, 0.25) is 0 Å². The minimum absolute atomic E-state index is 0.251. The highest BCUT2D eigenvalue weighted by Crippen LogP contribution is 2.41. The maximum absolute atomic E-state index is 12.3. The third kappa shape index (κ3) is 2.85. The molecule has 110 valence electrons. The number of amides is 1. The highest BCUT2D eigenvalue weighted by atomic mass is 32.1. The Kier molecular flexibility index (Phi) is 3.06. The van der Waals surface area contributed by atoms with Crippen LogP contribution in [0.1, 0.15) is 59.4 Å². The number of oxazole rings is 1. The smallest absolute Gasteiger partial charge is 0.295 e. The van der Waals surface area contributed by atoms with Crippen molar-refractivity contribution < 1.29 is 9.21 Å². The van der Waals surface area contributed by atoms with Gasteiger partial charge in [0.1, 0.15) is 0 Å². The van der Waals surface area contributed by atoms with Crippen molar-refractivity contribution in [1.82, 2.24) is 9.97 Å². The quantitative estimate of drug-likeness (QED) is 0.917. The van der Waals surface area contributed by atoms with Gasteiger partial charge in [0.2, 0.25) is 5.76 Å². The van der Waals surface area contributed by atoms with Gasteiger partial charge in [0.25, 0.3) is 5.91 Å². The molecule has 2 aromatic rings. The normalized spacial score (nSPS) is 18.0. The number of hydrogen-bond acceptors (Lipinski definition) is 5. The van der Waals surface area contributed by atoms with Gasteiger partial charge in [-0.1, -0.05) is 0 Å². The Morgan fingerprint density at radius 1 is 1.38 bits per heavy atom. The topological polar surface area (TPSA) is 68.0 Å². The molecule has 6 heteroatoms. The molecule has 2 aromatic heterocycles. The fraction of sp³-hybridized carbons (Fsp3) is 0.533. The number of aromatic nitrogens is 2. The SMILES string of the molecule is Cc1nc(CC2CC2)oc1C(=O)Nc1nc(C2CC2)cs1. The molecule has 0 unspecified atom stereocenters. The van der Waals surface area contributed by atoms with Gasteiger partial charge in [0.05, 0.1) is 11.4 Å². The van der Waals surface area contributed by atoms with Crippen molar-refractivity contribution in [2.45, 2.75) is 44.9 Å². The van der Waals surface area contributed by atoms with E-state index >= 15 is 0 Å². The van der Waals surface area contributed by atoms with Gasteiger partial charge in [-0.3, -0.25) is 10.1 Å². The van der Waals surface area contributed by atoms with Crippen molar-refractivity contribution in [3.63, 3.8) is 0 Å². The maximum Gasteiger partial charge on any atom is 0.295 e. The monoisotopic (exact) mass is 303 g/mol. The Bertz CT molecular complexity index is 683. The van der Waals surface area contributed by atoms with Crippen LogP contribution in [-0.2, 0) is 6.42 Å². The van der Waals surface area contributed by atoms with Gasteiger partial charge < -0.3 is 4.42 Å².